The summed E-state index contributed by atoms with van der Waals surface area (Å²) in [7, 11) is 0. The number of hydrogen-bond acceptors (Lipinski definition) is 4. The highest BCUT2D eigenvalue weighted by molar-refractivity contribution is 5.84. The van der Waals surface area contributed by atoms with Crippen LogP contribution in [0.4, 0.5) is 0 Å². The van der Waals surface area contributed by atoms with Crippen molar-refractivity contribution in [2.75, 3.05) is 13.2 Å². The summed E-state index contributed by atoms with van der Waals surface area (Å²) in [6.07, 6.45) is 1.73. The summed E-state index contributed by atoms with van der Waals surface area (Å²) in [6.45, 7) is 6.70. The summed E-state index contributed by atoms with van der Waals surface area (Å²) in [5.41, 5.74) is -1.06. The molecular formula is C11H18O4. The lowest BCUT2D eigenvalue weighted by Gasteiger charge is -2.26. The van der Waals surface area contributed by atoms with E-state index in [1.807, 2.05) is 20.8 Å². The van der Waals surface area contributed by atoms with Crippen molar-refractivity contribution in [3.63, 3.8) is 0 Å². The van der Waals surface area contributed by atoms with E-state index in [0.29, 0.717) is 13.2 Å². The topological polar surface area (TPSA) is 48.1 Å². The van der Waals surface area contributed by atoms with E-state index >= 15 is 0 Å². The fourth-order valence-electron chi connectivity index (χ4n) is 2.44. The lowest BCUT2D eigenvalue weighted by molar-refractivity contribution is -0.149. The normalized spacial score (nSPS) is 44.1. The molecule has 1 spiro atoms. The van der Waals surface area contributed by atoms with Crippen LogP contribution in [0.25, 0.3) is 0 Å². The molecule has 0 unspecified atom stereocenters. The quantitative estimate of drug-likeness (QED) is 0.513. The second-order valence-electron chi connectivity index (χ2n) is 4.49. The van der Waals surface area contributed by atoms with Crippen molar-refractivity contribution in [2.45, 2.75) is 50.9 Å². The highest BCUT2D eigenvalue weighted by Gasteiger charge is 2.73. The molecular weight excluding hydrogens is 196 g/mol. The standard InChI is InChI=1S/C11H18O4/c1-4-13-9(12)10(3)11(15-10)5-6-14-8(2)7-11/h8H,4-7H2,1-3H3/t8-,10+,11-/m0/s1. The average molecular weight is 214 g/mol. The maximum atomic E-state index is 11.7. The van der Waals surface area contributed by atoms with Gasteiger partial charge in [-0.3, -0.25) is 0 Å². The van der Waals surface area contributed by atoms with E-state index in [9.17, 15) is 4.79 Å². The SMILES string of the molecule is CCOC(=O)[C@@]1(C)O[C@]12CCO[C@@H](C)C2. The highest BCUT2D eigenvalue weighted by Crippen LogP contribution is 2.55. The Balaban J connectivity index is 2.05. The van der Waals surface area contributed by atoms with Crippen molar-refractivity contribution >= 4 is 5.97 Å². The van der Waals surface area contributed by atoms with Crippen LogP contribution in [0.1, 0.15) is 33.6 Å². The van der Waals surface area contributed by atoms with Gasteiger partial charge in [0.25, 0.3) is 0 Å². The molecule has 2 aliphatic heterocycles. The first-order valence-corrected chi connectivity index (χ1v) is 5.53. The molecule has 2 aliphatic rings. The number of esters is 1. The number of ether oxygens (including phenoxy) is 3. The first kappa shape index (κ1) is 10.9. The molecule has 3 atom stereocenters. The Labute approximate surface area is 89.9 Å². The van der Waals surface area contributed by atoms with Gasteiger partial charge in [0.05, 0.1) is 12.7 Å². The molecule has 4 nitrogen and oxygen atoms in total. The minimum atomic E-state index is -0.735. The highest BCUT2D eigenvalue weighted by atomic mass is 16.7. The molecule has 0 N–H and O–H groups in total. The Hall–Kier alpha value is -0.610. The maximum absolute atomic E-state index is 11.7. The third-order valence-electron chi connectivity index (χ3n) is 3.42. The minimum absolute atomic E-state index is 0.162. The predicted molar refractivity (Wildman–Crippen MR) is 53.5 cm³/mol. The van der Waals surface area contributed by atoms with E-state index in [2.05, 4.69) is 0 Å². The fourth-order valence-corrected chi connectivity index (χ4v) is 2.44. The van der Waals surface area contributed by atoms with Gasteiger partial charge < -0.3 is 14.2 Å². The minimum Gasteiger partial charge on any atom is -0.464 e. The third-order valence-corrected chi connectivity index (χ3v) is 3.42. The molecule has 2 rings (SSSR count). The summed E-state index contributed by atoms with van der Waals surface area (Å²) in [4.78, 5) is 11.7. The van der Waals surface area contributed by atoms with E-state index in [-0.39, 0.29) is 17.7 Å². The van der Waals surface area contributed by atoms with Crippen LogP contribution < -0.4 is 0 Å². The molecule has 0 aromatic carbocycles. The molecule has 0 amide bonds. The number of rotatable bonds is 2. The van der Waals surface area contributed by atoms with Crippen LogP contribution in [0.2, 0.25) is 0 Å². The molecule has 0 aromatic rings. The van der Waals surface area contributed by atoms with Crippen molar-refractivity contribution in [1.29, 1.82) is 0 Å². The van der Waals surface area contributed by atoms with Crippen molar-refractivity contribution < 1.29 is 19.0 Å². The van der Waals surface area contributed by atoms with Gasteiger partial charge >= 0.3 is 5.97 Å². The lowest BCUT2D eigenvalue weighted by Crippen LogP contribution is -2.39. The van der Waals surface area contributed by atoms with Crippen LogP contribution in [-0.4, -0.2) is 36.5 Å². The van der Waals surface area contributed by atoms with Gasteiger partial charge in [-0.2, -0.15) is 0 Å². The summed E-state index contributed by atoms with van der Waals surface area (Å²) >= 11 is 0. The van der Waals surface area contributed by atoms with Gasteiger partial charge in [-0.25, -0.2) is 4.79 Å². The van der Waals surface area contributed by atoms with Crippen molar-refractivity contribution in [3.8, 4) is 0 Å². The van der Waals surface area contributed by atoms with Gasteiger partial charge in [-0.15, -0.1) is 0 Å². The summed E-state index contributed by atoms with van der Waals surface area (Å²) < 4.78 is 16.1. The molecule has 2 heterocycles. The summed E-state index contributed by atoms with van der Waals surface area (Å²) in [6, 6.07) is 0. The van der Waals surface area contributed by atoms with Crippen LogP contribution in [-0.2, 0) is 19.0 Å². The van der Waals surface area contributed by atoms with Crippen LogP contribution in [0.5, 0.6) is 0 Å². The van der Waals surface area contributed by atoms with Crippen molar-refractivity contribution in [3.05, 3.63) is 0 Å². The molecule has 2 saturated heterocycles. The van der Waals surface area contributed by atoms with Crippen LogP contribution >= 0.6 is 0 Å². The fraction of sp³-hybridized carbons (Fsp3) is 0.909. The first-order chi connectivity index (χ1) is 7.04. The third kappa shape index (κ3) is 1.56. The Morgan fingerprint density at radius 2 is 2.33 bits per heavy atom. The largest absolute Gasteiger partial charge is 0.464 e. The predicted octanol–water partition coefficient (Wildman–Crippen LogP) is 1.28. The van der Waals surface area contributed by atoms with Gasteiger partial charge in [-0.1, -0.05) is 0 Å². The maximum Gasteiger partial charge on any atom is 0.341 e. The van der Waals surface area contributed by atoms with Gasteiger partial charge in [0.15, 0.2) is 5.60 Å². The van der Waals surface area contributed by atoms with Gasteiger partial charge in [0.1, 0.15) is 5.60 Å². The Morgan fingerprint density at radius 1 is 1.60 bits per heavy atom. The smallest absolute Gasteiger partial charge is 0.341 e. The van der Waals surface area contributed by atoms with E-state index in [4.69, 9.17) is 14.2 Å². The molecule has 0 aromatic heterocycles. The average Bonchev–Trinajstić information content (AvgIpc) is 2.72. The number of epoxide rings is 1. The van der Waals surface area contributed by atoms with Crippen LogP contribution in [0.15, 0.2) is 0 Å². The lowest BCUT2D eigenvalue weighted by atomic mass is 9.85. The van der Waals surface area contributed by atoms with Crippen molar-refractivity contribution in [2.24, 2.45) is 0 Å². The molecule has 15 heavy (non-hydrogen) atoms. The second kappa shape index (κ2) is 3.46. The van der Waals surface area contributed by atoms with Crippen LogP contribution in [0, 0.1) is 0 Å². The zero-order valence-corrected chi connectivity index (χ0v) is 9.54. The number of hydrogen-bond donors (Lipinski definition) is 0. The zero-order valence-electron chi connectivity index (χ0n) is 9.54. The molecule has 0 radical (unpaired) electrons. The molecule has 86 valence electrons. The molecule has 4 heteroatoms. The Kier molecular flexibility index (Phi) is 2.51. The van der Waals surface area contributed by atoms with Crippen LogP contribution in [0.3, 0.4) is 0 Å². The van der Waals surface area contributed by atoms with Gasteiger partial charge in [-0.05, 0) is 20.8 Å². The van der Waals surface area contributed by atoms with E-state index in [0.717, 1.165) is 12.8 Å². The summed E-state index contributed by atoms with van der Waals surface area (Å²) in [5, 5.41) is 0. The van der Waals surface area contributed by atoms with E-state index in [1.165, 1.54) is 0 Å². The number of carbonyl (C=O) groups is 1. The van der Waals surface area contributed by atoms with E-state index < -0.39 is 5.60 Å². The van der Waals surface area contributed by atoms with E-state index in [1.54, 1.807) is 0 Å². The first-order valence-electron chi connectivity index (χ1n) is 5.53. The second-order valence-corrected chi connectivity index (χ2v) is 4.49. The summed E-state index contributed by atoms with van der Waals surface area (Å²) in [5.74, 6) is -0.237. The monoisotopic (exact) mass is 214 g/mol. The molecule has 0 saturated carbocycles. The molecule has 0 bridgehead atoms. The van der Waals surface area contributed by atoms with Gasteiger partial charge in [0.2, 0.25) is 0 Å². The number of carbonyl (C=O) groups excluding carboxylic acids is 1. The Morgan fingerprint density at radius 3 is 2.93 bits per heavy atom. The Bertz CT molecular complexity index is 278. The molecule has 2 fully saturated rings. The van der Waals surface area contributed by atoms with Gasteiger partial charge in [0, 0.05) is 19.4 Å². The van der Waals surface area contributed by atoms with Crippen molar-refractivity contribution in [1.82, 2.24) is 0 Å². The zero-order chi connectivity index (χ0) is 11.1. The molecule has 0 aliphatic carbocycles.